The third kappa shape index (κ3) is 3.50. The Balaban J connectivity index is 1.79. The van der Waals surface area contributed by atoms with Gasteiger partial charge in [-0.05, 0) is 6.92 Å². The van der Waals surface area contributed by atoms with Gasteiger partial charge < -0.3 is 9.64 Å². The SMILES string of the molecule is CC1(C(=O)OCC(=O)N2CCN(S(C)(=O)=O)CC2)CC1(Cl)Cl. The Labute approximate surface area is 139 Å². The van der Waals surface area contributed by atoms with Crippen molar-refractivity contribution in [3.8, 4) is 0 Å². The number of sulfonamides is 1. The first-order chi connectivity index (χ1) is 9.97. The van der Waals surface area contributed by atoms with Crippen LogP contribution in [0, 0.1) is 5.41 Å². The second kappa shape index (κ2) is 5.81. The lowest BCUT2D eigenvalue weighted by Gasteiger charge is -2.33. The number of carbonyl (C=O) groups excluding carboxylic acids is 2. The number of hydrogen-bond acceptors (Lipinski definition) is 5. The summed E-state index contributed by atoms with van der Waals surface area (Å²) < 4.78 is 27.9. The number of rotatable bonds is 4. The monoisotopic (exact) mass is 372 g/mol. The molecule has 1 amide bonds. The van der Waals surface area contributed by atoms with E-state index in [1.165, 1.54) is 9.21 Å². The Morgan fingerprint density at radius 2 is 1.68 bits per heavy atom. The largest absolute Gasteiger partial charge is 0.455 e. The Kier molecular flexibility index (Phi) is 4.70. The second-order valence-electron chi connectivity index (χ2n) is 5.83. The van der Waals surface area contributed by atoms with Crippen LogP contribution in [0.1, 0.15) is 13.3 Å². The van der Waals surface area contributed by atoms with E-state index >= 15 is 0 Å². The molecule has 10 heteroatoms. The molecule has 0 spiro atoms. The summed E-state index contributed by atoms with van der Waals surface area (Å²) in [6.45, 7) is 2.22. The molecule has 0 radical (unpaired) electrons. The lowest BCUT2D eigenvalue weighted by molar-refractivity contribution is -0.156. The van der Waals surface area contributed by atoms with Gasteiger partial charge in [0.1, 0.15) is 9.75 Å². The minimum absolute atomic E-state index is 0.239. The van der Waals surface area contributed by atoms with Crippen molar-refractivity contribution >= 4 is 45.1 Å². The molecule has 0 aromatic rings. The Hall–Kier alpha value is -0.570. The molecule has 1 aliphatic heterocycles. The average Bonchev–Trinajstić information content (AvgIpc) is 2.95. The number of hydrogen-bond donors (Lipinski definition) is 0. The molecule has 2 rings (SSSR count). The molecule has 0 aromatic carbocycles. The Morgan fingerprint density at radius 1 is 1.18 bits per heavy atom. The fourth-order valence-corrected chi connectivity index (χ4v) is 3.78. The van der Waals surface area contributed by atoms with Gasteiger partial charge in [-0.3, -0.25) is 9.59 Å². The summed E-state index contributed by atoms with van der Waals surface area (Å²) in [6, 6.07) is 0. The highest BCUT2D eigenvalue weighted by Crippen LogP contribution is 2.64. The van der Waals surface area contributed by atoms with Gasteiger partial charge in [0.25, 0.3) is 5.91 Å². The Morgan fingerprint density at radius 3 is 2.09 bits per heavy atom. The summed E-state index contributed by atoms with van der Waals surface area (Å²) in [5.41, 5.74) is -0.967. The van der Waals surface area contributed by atoms with Gasteiger partial charge >= 0.3 is 5.97 Å². The standard InChI is InChI=1S/C12H18Cl2N2O5S/c1-11(8-12(11,13)14)10(18)21-7-9(17)15-3-5-16(6-4-15)22(2,19)20/h3-8H2,1-2H3. The van der Waals surface area contributed by atoms with E-state index < -0.39 is 32.3 Å². The predicted octanol–water partition coefficient (Wildman–Crippen LogP) is 0.217. The molecule has 22 heavy (non-hydrogen) atoms. The lowest BCUT2D eigenvalue weighted by Crippen LogP contribution is -2.51. The van der Waals surface area contributed by atoms with E-state index in [4.69, 9.17) is 27.9 Å². The molecule has 1 heterocycles. The summed E-state index contributed by atoms with van der Waals surface area (Å²) in [6.07, 6.45) is 1.43. The van der Waals surface area contributed by atoms with Crippen LogP contribution >= 0.6 is 23.2 Å². The maximum atomic E-state index is 12.0. The molecule has 1 unspecified atom stereocenters. The molecule has 2 fully saturated rings. The number of ether oxygens (including phenoxy) is 1. The summed E-state index contributed by atoms with van der Waals surface area (Å²) in [5.74, 6) is -0.957. The van der Waals surface area contributed by atoms with Crippen LogP contribution in [0.4, 0.5) is 0 Å². The zero-order valence-corrected chi connectivity index (χ0v) is 14.7. The zero-order chi connectivity index (χ0) is 16.8. The average molecular weight is 373 g/mol. The number of halogens is 2. The number of nitrogens with zero attached hydrogens (tertiary/aromatic N) is 2. The molecule has 0 N–H and O–H groups in total. The van der Waals surface area contributed by atoms with Crippen molar-refractivity contribution in [2.75, 3.05) is 39.0 Å². The molecule has 0 aromatic heterocycles. The number of alkyl halides is 2. The molecule has 1 aliphatic carbocycles. The van der Waals surface area contributed by atoms with Crippen LogP contribution in [-0.4, -0.2) is 72.9 Å². The van der Waals surface area contributed by atoms with Gasteiger partial charge in [0.05, 0.1) is 6.26 Å². The minimum Gasteiger partial charge on any atom is -0.455 e. The molecular formula is C12H18Cl2N2O5S. The molecule has 0 bridgehead atoms. The van der Waals surface area contributed by atoms with Crippen LogP contribution in [0.5, 0.6) is 0 Å². The molecule has 1 atom stereocenters. The summed E-state index contributed by atoms with van der Waals surface area (Å²) in [7, 11) is -3.24. The van der Waals surface area contributed by atoms with Gasteiger partial charge in [0, 0.05) is 32.6 Å². The number of amides is 1. The van der Waals surface area contributed by atoms with Gasteiger partial charge in [-0.1, -0.05) is 0 Å². The quantitative estimate of drug-likeness (QED) is 0.520. The first-order valence-electron chi connectivity index (χ1n) is 6.75. The van der Waals surface area contributed by atoms with E-state index in [0.717, 1.165) is 6.26 Å². The van der Waals surface area contributed by atoms with Gasteiger partial charge in [0.2, 0.25) is 10.0 Å². The summed E-state index contributed by atoms with van der Waals surface area (Å²) in [4.78, 5) is 25.3. The van der Waals surface area contributed by atoms with Crippen molar-refractivity contribution in [2.45, 2.75) is 17.7 Å². The van der Waals surface area contributed by atoms with Crippen LogP contribution in [0.3, 0.4) is 0 Å². The first-order valence-corrected chi connectivity index (χ1v) is 9.36. The van der Waals surface area contributed by atoms with E-state index in [9.17, 15) is 18.0 Å². The number of piperazine rings is 1. The van der Waals surface area contributed by atoms with E-state index in [2.05, 4.69) is 0 Å². The zero-order valence-electron chi connectivity index (χ0n) is 12.3. The number of carbonyl (C=O) groups is 2. The normalized spacial score (nSPS) is 28.3. The summed E-state index contributed by atoms with van der Waals surface area (Å²) >= 11 is 11.7. The van der Waals surface area contributed by atoms with Crippen LogP contribution < -0.4 is 0 Å². The van der Waals surface area contributed by atoms with Crippen molar-refractivity contribution in [2.24, 2.45) is 5.41 Å². The van der Waals surface area contributed by atoms with Crippen molar-refractivity contribution in [3.05, 3.63) is 0 Å². The van der Waals surface area contributed by atoms with Crippen LogP contribution in [0.2, 0.25) is 0 Å². The predicted molar refractivity (Wildman–Crippen MR) is 81.1 cm³/mol. The summed E-state index contributed by atoms with van der Waals surface area (Å²) in [5, 5.41) is 0. The van der Waals surface area contributed by atoms with Crippen LogP contribution in [0.25, 0.3) is 0 Å². The maximum absolute atomic E-state index is 12.0. The van der Waals surface area contributed by atoms with E-state index in [0.29, 0.717) is 6.42 Å². The van der Waals surface area contributed by atoms with E-state index in [1.807, 2.05) is 0 Å². The third-order valence-electron chi connectivity index (χ3n) is 4.10. The molecule has 7 nitrogen and oxygen atoms in total. The van der Waals surface area contributed by atoms with Gasteiger partial charge in [0.15, 0.2) is 6.61 Å². The van der Waals surface area contributed by atoms with E-state index in [1.54, 1.807) is 6.92 Å². The number of esters is 1. The maximum Gasteiger partial charge on any atom is 0.315 e. The molecule has 1 saturated heterocycles. The Bertz CT molecular complexity index is 586. The third-order valence-corrected chi connectivity index (χ3v) is 6.50. The molecular weight excluding hydrogens is 355 g/mol. The molecule has 1 saturated carbocycles. The van der Waals surface area contributed by atoms with Crippen molar-refractivity contribution in [1.82, 2.24) is 9.21 Å². The van der Waals surface area contributed by atoms with Gasteiger partial charge in [-0.25, -0.2) is 8.42 Å². The van der Waals surface area contributed by atoms with Gasteiger partial charge in [-0.15, -0.1) is 23.2 Å². The first kappa shape index (κ1) is 17.8. The second-order valence-corrected chi connectivity index (χ2v) is 9.30. The van der Waals surface area contributed by atoms with Crippen molar-refractivity contribution < 1.29 is 22.7 Å². The highest BCUT2D eigenvalue weighted by atomic mass is 35.5. The van der Waals surface area contributed by atoms with Crippen molar-refractivity contribution in [1.29, 1.82) is 0 Å². The lowest BCUT2D eigenvalue weighted by atomic mass is 10.1. The molecule has 126 valence electrons. The smallest absolute Gasteiger partial charge is 0.315 e. The van der Waals surface area contributed by atoms with Gasteiger partial charge in [-0.2, -0.15) is 4.31 Å². The highest BCUT2D eigenvalue weighted by molar-refractivity contribution is 7.88. The fourth-order valence-electron chi connectivity index (χ4n) is 2.27. The topological polar surface area (TPSA) is 84.0 Å². The highest BCUT2D eigenvalue weighted by Gasteiger charge is 2.69. The van der Waals surface area contributed by atoms with E-state index in [-0.39, 0.29) is 32.1 Å². The fraction of sp³-hybridized carbons (Fsp3) is 0.833. The minimum atomic E-state index is -3.24. The van der Waals surface area contributed by atoms with Crippen molar-refractivity contribution in [3.63, 3.8) is 0 Å². The van der Waals surface area contributed by atoms with Crippen LogP contribution in [0.15, 0.2) is 0 Å². The van der Waals surface area contributed by atoms with Crippen LogP contribution in [-0.2, 0) is 24.3 Å². The molecule has 2 aliphatic rings.